The molecule has 0 saturated carbocycles. The maximum Gasteiger partial charge on any atom is 0.339 e. The summed E-state index contributed by atoms with van der Waals surface area (Å²) in [4.78, 5) is 0.0541. The summed E-state index contributed by atoms with van der Waals surface area (Å²) < 4.78 is 29.5. The first-order valence-electron chi connectivity index (χ1n) is 5.91. The second kappa shape index (κ2) is 5.32. The summed E-state index contributed by atoms with van der Waals surface area (Å²) in [6, 6.07) is 13.1. The van der Waals surface area contributed by atoms with Gasteiger partial charge in [0.05, 0.1) is 0 Å². The van der Waals surface area contributed by atoms with E-state index in [1.54, 1.807) is 24.3 Å². The van der Waals surface area contributed by atoms with Gasteiger partial charge in [0.2, 0.25) is 0 Å². The minimum absolute atomic E-state index is 0.0541. The molecule has 0 heterocycles. The summed E-state index contributed by atoms with van der Waals surface area (Å²) in [6.45, 7) is 1.94. The van der Waals surface area contributed by atoms with Crippen LogP contribution in [0.2, 0.25) is 0 Å². The highest BCUT2D eigenvalue weighted by Gasteiger charge is 2.18. The van der Waals surface area contributed by atoms with E-state index in [1.165, 1.54) is 12.1 Å². The van der Waals surface area contributed by atoms with Gasteiger partial charge in [-0.2, -0.15) is 8.42 Å². The fourth-order valence-corrected chi connectivity index (χ4v) is 2.73. The van der Waals surface area contributed by atoms with Crippen LogP contribution in [0.15, 0.2) is 53.4 Å². The maximum atomic E-state index is 12.1. The molecule has 0 bridgehead atoms. The topological polar surface area (TPSA) is 69.4 Å². The molecule has 0 saturated heterocycles. The van der Waals surface area contributed by atoms with Crippen LogP contribution < -0.4 is 9.92 Å². The van der Waals surface area contributed by atoms with Gasteiger partial charge in [-0.3, -0.25) is 0 Å². The SMILES string of the molecule is CCc1ccccc1OS(=O)(=O)c1cccc(N)c1. The standard InChI is InChI=1S/C14H15NO3S/c1-2-11-6-3-4-9-14(11)18-19(16,17)13-8-5-7-12(15)10-13/h3-10H,2,15H2,1H3. The largest absolute Gasteiger partial charge is 0.399 e. The Labute approximate surface area is 113 Å². The average Bonchev–Trinajstić information content (AvgIpc) is 2.39. The summed E-state index contributed by atoms with van der Waals surface area (Å²) in [5, 5.41) is 0. The van der Waals surface area contributed by atoms with Crippen LogP contribution >= 0.6 is 0 Å². The third-order valence-electron chi connectivity index (χ3n) is 2.70. The minimum atomic E-state index is -3.85. The molecular formula is C14H15NO3S. The van der Waals surface area contributed by atoms with Gasteiger partial charge in [0.1, 0.15) is 10.6 Å². The predicted molar refractivity (Wildman–Crippen MR) is 74.5 cm³/mol. The Hall–Kier alpha value is -2.01. The molecule has 0 aromatic heterocycles. The molecule has 5 heteroatoms. The molecule has 2 aromatic rings. The first-order valence-corrected chi connectivity index (χ1v) is 7.31. The maximum absolute atomic E-state index is 12.1. The lowest BCUT2D eigenvalue weighted by Gasteiger charge is -2.10. The first kappa shape index (κ1) is 13.4. The zero-order chi connectivity index (χ0) is 13.9. The van der Waals surface area contributed by atoms with E-state index in [4.69, 9.17) is 9.92 Å². The van der Waals surface area contributed by atoms with Crippen molar-refractivity contribution in [2.45, 2.75) is 18.2 Å². The van der Waals surface area contributed by atoms with E-state index in [9.17, 15) is 8.42 Å². The highest BCUT2D eigenvalue weighted by molar-refractivity contribution is 7.87. The molecule has 2 rings (SSSR count). The number of hydrogen-bond acceptors (Lipinski definition) is 4. The molecule has 2 aromatic carbocycles. The van der Waals surface area contributed by atoms with E-state index in [1.807, 2.05) is 19.1 Å². The van der Waals surface area contributed by atoms with Gasteiger partial charge >= 0.3 is 10.1 Å². The number of hydrogen-bond donors (Lipinski definition) is 1. The molecule has 2 N–H and O–H groups in total. The monoisotopic (exact) mass is 277 g/mol. The third-order valence-corrected chi connectivity index (χ3v) is 3.93. The fraction of sp³-hybridized carbons (Fsp3) is 0.143. The minimum Gasteiger partial charge on any atom is -0.399 e. The summed E-state index contributed by atoms with van der Waals surface area (Å²) in [5.41, 5.74) is 6.81. The summed E-state index contributed by atoms with van der Waals surface area (Å²) >= 11 is 0. The fourth-order valence-electron chi connectivity index (χ4n) is 1.71. The van der Waals surface area contributed by atoms with Gasteiger partial charge in [0.15, 0.2) is 0 Å². The van der Waals surface area contributed by atoms with Crippen molar-refractivity contribution in [1.82, 2.24) is 0 Å². The number of benzene rings is 2. The van der Waals surface area contributed by atoms with Crippen LogP contribution in [0, 0.1) is 0 Å². The van der Waals surface area contributed by atoms with Gasteiger partial charge in [-0.15, -0.1) is 0 Å². The summed E-state index contributed by atoms with van der Waals surface area (Å²) in [6.07, 6.45) is 0.697. The quantitative estimate of drug-likeness (QED) is 0.689. The lowest BCUT2D eigenvalue weighted by atomic mass is 10.1. The molecule has 100 valence electrons. The second-order valence-corrected chi connectivity index (χ2v) is 5.62. The Morgan fingerprint density at radius 3 is 2.53 bits per heavy atom. The number of rotatable bonds is 4. The van der Waals surface area contributed by atoms with Crippen LogP contribution in [-0.2, 0) is 16.5 Å². The number of anilines is 1. The number of nitrogen functional groups attached to an aromatic ring is 1. The summed E-state index contributed by atoms with van der Waals surface area (Å²) in [5.74, 6) is 0.354. The van der Waals surface area contributed by atoms with Crippen LogP contribution in [-0.4, -0.2) is 8.42 Å². The van der Waals surface area contributed by atoms with Gasteiger partial charge in [-0.1, -0.05) is 31.2 Å². The van der Waals surface area contributed by atoms with Gasteiger partial charge in [-0.05, 0) is 36.2 Å². The molecule has 0 aliphatic heterocycles. The molecule has 0 fully saturated rings. The predicted octanol–water partition coefficient (Wildman–Crippen LogP) is 2.60. The second-order valence-electron chi connectivity index (χ2n) is 4.07. The van der Waals surface area contributed by atoms with E-state index in [2.05, 4.69) is 0 Å². The molecule has 19 heavy (non-hydrogen) atoms. The Morgan fingerprint density at radius 1 is 1.11 bits per heavy atom. The van der Waals surface area contributed by atoms with Gasteiger partial charge in [0.25, 0.3) is 0 Å². The lowest BCUT2D eigenvalue weighted by molar-refractivity contribution is 0.483. The van der Waals surface area contributed by atoms with E-state index in [-0.39, 0.29) is 4.90 Å². The zero-order valence-corrected chi connectivity index (χ0v) is 11.4. The highest BCUT2D eigenvalue weighted by Crippen LogP contribution is 2.24. The molecule has 0 amide bonds. The third kappa shape index (κ3) is 3.06. The van der Waals surface area contributed by atoms with Crippen molar-refractivity contribution in [1.29, 1.82) is 0 Å². The number of para-hydroxylation sites is 1. The van der Waals surface area contributed by atoms with Gasteiger partial charge in [-0.25, -0.2) is 0 Å². The first-order chi connectivity index (χ1) is 9.03. The van der Waals surface area contributed by atoms with Gasteiger partial charge in [0, 0.05) is 5.69 Å². The zero-order valence-electron chi connectivity index (χ0n) is 10.5. The van der Waals surface area contributed by atoms with Crippen LogP contribution in [0.3, 0.4) is 0 Å². The van der Waals surface area contributed by atoms with E-state index in [0.29, 0.717) is 17.9 Å². The van der Waals surface area contributed by atoms with E-state index < -0.39 is 10.1 Å². The molecule has 0 unspecified atom stereocenters. The van der Waals surface area contributed by atoms with Crippen LogP contribution in [0.5, 0.6) is 5.75 Å². The van der Waals surface area contributed by atoms with Crippen molar-refractivity contribution in [3.05, 3.63) is 54.1 Å². The van der Waals surface area contributed by atoms with Crippen molar-refractivity contribution in [2.75, 3.05) is 5.73 Å². The Balaban J connectivity index is 2.37. The number of aryl methyl sites for hydroxylation is 1. The smallest absolute Gasteiger partial charge is 0.339 e. The van der Waals surface area contributed by atoms with Gasteiger partial charge < -0.3 is 9.92 Å². The van der Waals surface area contributed by atoms with Crippen molar-refractivity contribution >= 4 is 15.8 Å². The molecule has 0 radical (unpaired) electrons. The lowest BCUT2D eigenvalue weighted by Crippen LogP contribution is -2.11. The van der Waals surface area contributed by atoms with Crippen LogP contribution in [0.1, 0.15) is 12.5 Å². The number of nitrogens with two attached hydrogens (primary N) is 1. The van der Waals surface area contributed by atoms with Crippen molar-refractivity contribution in [2.24, 2.45) is 0 Å². The molecule has 0 aliphatic carbocycles. The van der Waals surface area contributed by atoms with Crippen LogP contribution in [0.4, 0.5) is 5.69 Å². The van der Waals surface area contributed by atoms with Crippen molar-refractivity contribution < 1.29 is 12.6 Å². The molecule has 0 spiro atoms. The molecule has 0 aliphatic rings. The van der Waals surface area contributed by atoms with E-state index >= 15 is 0 Å². The molecule has 4 nitrogen and oxygen atoms in total. The normalized spacial score (nSPS) is 11.2. The summed E-state index contributed by atoms with van der Waals surface area (Å²) in [7, 11) is -3.85. The Kier molecular flexibility index (Phi) is 3.76. The average molecular weight is 277 g/mol. The highest BCUT2D eigenvalue weighted by atomic mass is 32.2. The van der Waals surface area contributed by atoms with Crippen LogP contribution in [0.25, 0.3) is 0 Å². The van der Waals surface area contributed by atoms with E-state index in [0.717, 1.165) is 5.56 Å². The molecular weight excluding hydrogens is 262 g/mol. The van der Waals surface area contributed by atoms with Crippen molar-refractivity contribution in [3.8, 4) is 5.75 Å². The van der Waals surface area contributed by atoms with Crippen molar-refractivity contribution in [3.63, 3.8) is 0 Å². The Morgan fingerprint density at radius 2 is 1.84 bits per heavy atom. The molecule has 0 atom stereocenters. The Bertz CT molecular complexity index is 681.